The van der Waals surface area contributed by atoms with Crippen LogP contribution < -0.4 is 0 Å². The molecule has 0 atom stereocenters. The van der Waals surface area contributed by atoms with Gasteiger partial charge in [-0.15, -0.1) is 11.3 Å². The van der Waals surface area contributed by atoms with Crippen molar-refractivity contribution < 1.29 is 14.7 Å². The number of likely N-dealkylation sites (tertiary alicyclic amines) is 1. The molecule has 6 heteroatoms. The van der Waals surface area contributed by atoms with E-state index in [4.69, 9.17) is 11.6 Å². The highest BCUT2D eigenvalue weighted by Gasteiger charge is 2.24. The lowest BCUT2D eigenvalue weighted by Gasteiger charge is -2.32. The number of amides is 1. The van der Waals surface area contributed by atoms with Crippen LogP contribution in [0.4, 0.5) is 0 Å². The molecule has 1 fully saturated rings. The van der Waals surface area contributed by atoms with Crippen molar-refractivity contribution in [2.45, 2.75) is 25.7 Å². The van der Waals surface area contributed by atoms with Gasteiger partial charge in [0.2, 0.25) is 5.91 Å². The first-order valence-electron chi connectivity index (χ1n) is 8.36. The number of benzene rings is 1. The summed E-state index contributed by atoms with van der Waals surface area (Å²) in [6.07, 6.45) is 2.98. The summed E-state index contributed by atoms with van der Waals surface area (Å²) < 4.78 is 0.707. The topological polar surface area (TPSA) is 57.6 Å². The number of piperidine rings is 1. The first kappa shape index (κ1) is 18.0. The van der Waals surface area contributed by atoms with Crippen LogP contribution in [0.25, 0.3) is 0 Å². The van der Waals surface area contributed by atoms with E-state index in [1.54, 1.807) is 12.1 Å². The minimum absolute atomic E-state index is 0.142. The van der Waals surface area contributed by atoms with E-state index in [-0.39, 0.29) is 5.91 Å². The molecule has 0 radical (unpaired) electrons. The van der Waals surface area contributed by atoms with Crippen LogP contribution in [0.5, 0.6) is 0 Å². The summed E-state index contributed by atoms with van der Waals surface area (Å²) >= 11 is 7.36. The molecule has 1 saturated heterocycles. The number of halogens is 1. The molecule has 0 saturated carbocycles. The van der Waals surface area contributed by atoms with Gasteiger partial charge in [-0.2, -0.15) is 0 Å². The zero-order valence-electron chi connectivity index (χ0n) is 13.8. The molecular formula is C19H20ClNO3S. The Hall–Kier alpha value is -1.85. The molecule has 1 amide bonds. The first-order valence-corrected chi connectivity index (χ1v) is 9.55. The van der Waals surface area contributed by atoms with E-state index in [1.165, 1.54) is 11.3 Å². The second-order valence-corrected chi connectivity index (χ2v) is 8.17. The van der Waals surface area contributed by atoms with Gasteiger partial charge in [0.25, 0.3) is 0 Å². The Labute approximate surface area is 156 Å². The number of carbonyl (C=O) groups is 2. The lowest BCUT2D eigenvalue weighted by Crippen LogP contribution is -2.39. The van der Waals surface area contributed by atoms with Gasteiger partial charge in [-0.05, 0) is 48.9 Å². The van der Waals surface area contributed by atoms with Crippen molar-refractivity contribution >= 4 is 34.8 Å². The summed E-state index contributed by atoms with van der Waals surface area (Å²) in [6, 6.07) is 10.9. The molecule has 4 nitrogen and oxygen atoms in total. The molecule has 2 aromatic rings. The molecule has 1 aromatic heterocycles. The monoisotopic (exact) mass is 377 g/mol. The van der Waals surface area contributed by atoms with E-state index < -0.39 is 5.97 Å². The Balaban J connectivity index is 1.53. The molecule has 1 aromatic carbocycles. The van der Waals surface area contributed by atoms with Crippen molar-refractivity contribution in [3.05, 3.63) is 56.7 Å². The van der Waals surface area contributed by atoms with Crippen molar-refractivity contribution in [2.24, 2.45) is 5.92 Å². The second-order valence-electron chi connectivity index (χ2n) is 6.37. The molecular weight excluding hydrogens is 358 g/mol. The summed E-state index contributed by atoms with van der Waals surface area (Å²) in [5.41, 5.74) is 1.27. The van der Waals surface area contributed by atoms with Gasteiger partial charge in [0.05, 0.1) is 16.3 Å². The maximum atomic E-state index is 12.4. The molecule has 0 spiro atoms. The van der Waals surface area contributed by atoms with Crippen LogP contribution in [-0.4, -0.2) is 35.0 Å². The summed E-state index contributed by atoms with van der Waals surface area (Å²) in [7, 11) is 0. The Bertz CT molecular complexity index is 766. The SMILES string of the molecule is O=C(O)c1ccccc1CC1CCN(C(=O)Cc2ccc(Cl)s2)CC1. The van der Waals surface area contributed by atoms with Crippen molar-refractivity contribution in [3.8, 4) is 0 Å². The second kappa shape index (κ2) is 8.02. The van der Waals surface area contributed by atoms with E-state index >= 15 is 0 Å². The van der Waals surface area contributed by atoms with Crippen molar-refractivity contribution in [1.29, 1.82) is 0 Å². The van der Waals surface area contributed by atoms with Crippen LogP contribution in [0.15, 0.2) is 36.4 Å². The number of aromatic carboxylic acids is 1. The van der Waals surface area contributed by atoms with Crippen LogP contribution in [0.3, 0.4) is 0 Å². The number of nitrogens with zero attached hydrogens (tertiary/aromatic N) is 1. The molecule has 1 aliphatic heterocycles. The van der Waals surface area contributed by atoms with Gasteiger partial charge in [-0.1, -0.05) is 29.8 Å². The number of carbonyl (C=O) groups excluding carboxylic acids is 1. The Morgan fingerprint density at radius 2 is 1.88 bits per heavy atom. The molecule has 3 rings (SSSR count). The quantitative estimate of drug-likeness (QED) is 0.852. The van der Waals surface area contributed by atoms with Crippen LogP contribution in [0, 0.1) is 5.92 Å². The number of carboxylic acid groups (broad SMARTS) is 1. The van der Waals surface area contributed by atoms with E-state index in [0.29, 0.717) is 22.2 Å². The average molecular weight is 378 g/mol. The number of hydrogen-bond acceptors (Lipinski definition) is 3. The summed E-state index contributed by atoms with van der Waals surface area (Å²) in [4.78, 5) is 26.6. The van der Waals surface area contributed by atoms with E-state index in [0.717, 1.165) is 42.8 Å². The summed E-state index contributed by atoms with van der Waals surface area (Å²) in [5, 5.41) is 9.29. The van der Waals surface area contributed by atoms with Crippen molar-refractivity contribution in [1.82, 2.24) is 4.90 Å². The third kappa shape index (κ3) is 4.61. The largest absolute Gasteiger partial charge is 0.478 e. The third-order valence-electron chi connectivity index (χ3n) is 4.68. The van der Waals surface area contributed by atoms with Crippen LogP contribution >= 0.6 is 22.9 Å². The van der Waals surface area contributed by atoms with Gasteiger partial charge in [-0.3, -0.25) is 4.79 Å². The Kier molecular flexibility index (Phi) is 5.76. The molecule has 25 heavy (non-hydrogen) atoms. The highest BCUT2D eigenvalue weighted by Crippen LogP contribution is 2.26. The first-order chi connectivity index (χ1) is 12.0. The molecule has 0 unspecified atom stereocenters. The predicted molar refractivity (Wildman–Crippen MR) is 99.4 cm³/mol. The van der Waals surface area contributed by atoms with E-state index in [2.05, 4.69) is 0 Å². The molecule has 1 N–H and O–H groups in total. The van der Waals surface area contributed by atoms with Gasteiger partial charge < -0.3 is 10.0 Å². The predicted octanol–water partition coefficient (Wildman–Crippen LogP) is 4.12. The zero-order valence-corrected chi connectivity index (χ0v) is 15.4. The van der Waals surface area contributed by atoms with E-state index in [1.807, 2.05) is 29.2 Å². The van der Waals surface area contributed by atoms with E-state index in [9.17, 15) is 14.7 Å². The summed E-state index contributed by atoms with van der Waals surface area (Å²) in [6.45, 7) is 1.47. The maximum absolute atomic E-state index is 12.4. The Morgan fingerprint density at radius 1 is 1.16 bits per heavy atom. The molecule has 2 heterocycles. The fourth-order valence-corrected chi connectivity index (χ4v) is 4.39. The van der Waals surface area contributed by atoms with Gasteiger partial charge in [0, 0.05) is 18.0 Å². The smallest absolute Gasteiger partial charge is 0.335 e. The average Bonchev–Trinajstić information content (AvgIpc) is 3.00. The normalized spacial score (nSPS) is 15.3. The lowest BCUT2D eigenvalue weighted by atomic mass is 9.88. The number of rotatable bonds is 5. The molecule has 0 aliphatic carbocycles. The molecule has 0 bridgehead atoms. The minimum atomic E-state index is -0.877. The van der Waals surface area contributed by atoms with Crippen LogP contribution in [0.1, 0.15) is 33.6 Å². The van der Waals surface area contributed by atoms with Crippen molar-refractivity contribution in [3.63, 3.8) is 0 Å². The molecule has 132 valence electrons. The fraction of sp³-hybridized carbons (Fsp3) is 0.368. The third-order valence-corrected chi connectivity index (χ3v) is 5.91. The maximum Gasteiger partial charge on any atom is 0.335 e. The van der Waals surface area contributed by atoms with Gasteiger partial charge in [0.1, 0.15) is 0 Å². The number of hydrogen-bond donors (Lipinski definition) is 1. The fourth-order valence-electron chi connectivity index (χ4n) is 3.31. The Morgan fingerprint density at radius 3 is 2.52 bits per heavy atom. The van der Waals surface area contributed by atoms with Gasteiger partial charge in [-0.25, -0.2) is 4.79 Å². The van der Waals surface area contributed by atoms with Gasteiger partial charge >= 0.3 is 5.97 Å². The zero-order chi connectivity index (χ0) is 17.8. The van der Waals surface area contributed by atoms with Crippen LogP contribution in [0.2, 0.25) is 4.34 Å². The van der Waals surface area contributed by atoms with Crippen molar-refractivity contribution in [2.75, 3.05) is 13.1 Å². The van der Waals surface area contributed by atoms with Crippen LogP contribution in [-0.2, 0) is 17.6 Å². The molecule has 1 aliphatic rings. The lowest BCUT2D eigenvalue weighted by molar-refractivity contribution is -0.131. The standard InChI is InChI=1S/C19H20ClNO3S/c20-17-6-5-15(25-17)12-18(22)21-9-7-13(8-10-21)11-14-3-1-2-4-16(14)19(23)24/h1-6,13H,7-12H2,(H,23,24). The summed E-state index contributed by atoms with van der Waals surface area (Å²) in [5.74, 6) is -0.318. The number of carboxylic acids is 1. The highest BCUT2D eigenvalue weighted by molar-refractivity contribution is 7.16. The van der Waals surface area contributed by atoms with Gasteiger partial charge in [0.15, 0.2) is 0 Å². The minimum Gasteiger partial charge on any atom is -0.478 e. The number of thiophene rings is 1. The highest BCUT2D eigenvalue weighted by atomic mass is 35.5.